The van der Waals surface area contributed by atoms with E-state index in [1.165, 1.54) is 0 Å². The fourth-order valence-electron chi connectivity index (χ4n) is 1.29. The summed E-state index contributed by atoms with van der Waals surface area (Å²) in [6.07, 6.45) is -2.15. The zero-order chi connectivity index (χ0) is 12.9. The van der Waals surface area contributed by atoms with Gasteiger partial charge in [0.05, 0.1) is 13.2 Å². The molecule has 3 unspecified atom stereocenters. The molecule has 0 amide bonds. The van der Waals surface area contributed by atoms with Gasteiger partial charge in [0.25, 0.3) is 0 Å². The Morgan fingerprint density at radius 2 is 1.65 bits per heavy atom. The fraction of sp³-hybridized carbons (Fsp3) is 1.00. The van der Waals surface area contributed by atoms with Crippen LogP contribution in [-0.2, 0) is 27.2 Å². The average molecular weight is 349 g/mol. The maximum Gasteiger partial charge on any atom is 0.428 e. The van der Waals surface area contributed by atoms with E-state index in [-0.39, 0.29) is 0 Å². The van der Waals surface area contributed by atoms with Gasteiger partial charge in [0, 0.05) is 22.5 Å². The van der Waals surface area contributed by atoms with Crippen molar-refractivity contribution in [1.29, 1.82) is 0 Å². The second kappa shape index (κ2) is 4.58. The number of hydrogen-bond acceptors (Lipinski definition) is 6. The molecule has 2 saturated heterocycles. The molecule has 2 rings (SSSR count). The SMILES string of the molecule is O=P1(Cl)OCC2(CO1)C(F)OP(=O)(Cl)OC2Cl. The lowest BCUT2D eigenvalue weighted by molar-refractivity contribution is -0.169. The van der Waals surface area contributed by atoms with Gasteiger partial charge in [-0.25, -0.2) is 13.5 Å². The zero-order valence-corrected chi connectivity index (χ0v) is 12.0. The summed E-state index contributed by atoms with van der Waals surface area (Å²) in [5.74, 6) is 0. The van der Waals surface area contributed by atoms with Crippen LogP contribution in [-0.4, -0.2) is 25.1 Å². The van der Waals surface area contributed by atoms with Crippen LogP contribution in [0.15, 0.2) is 0 Å². The second-order valence-corrected chi connectivity index (χ2v) is 9.03. The molecule has 0 aromatic heterocycles. The summed E-state index contributed by atoms with van der Waals surface area (Å²) in [5, 5.41) is 0. The van der Waals surface area contributed by atoms with Crippen molar-refractivity contribution in [2.45, 2.75) is 11.9 Å². The van der Waals surface area contributed by atoms with Crippen LogP contribution in [0.2, 0.25) is 0 Å². The highest BCUT2D eigenvalue weighted by Crippen LogP contribution is 2.67. The summed E-state index contributed by atoms with van der Waals surface area (Å²) in [5.41, 5.74) is -3.04. The van der Waals surface area contributed by atoms with Gasteiger partial charge < -0.3 is 0 Å². The molecule has 2 aliphatic heterocycles. The molecule has 0 saturated carbocycles. The second-order valence-electron chi connectivity index (χ2n) is 3.48. The molecule has 0 bridgehead atoms. The molecule has 3 atom stereocenters. The van der Waals surface area contributed by atoms with Gasteiger partial charge in [-0.3, -0.25) is 18.1 Å². The van der Waals surface area contributed by atoms with E-state index >= 15 is 0 Å². The Morgan fingerprint density at radius 3 is 2.12 bits per heavy atom. The van der Waals surface area contributed by atoms with Gasteiger partial charge >= 0.3 is 13.9 Å². The van der Waals surface area contributed by atoms with Crippen molar-refractivity contribution >= 4 is 48.0 Å². The third kappa shape index (κ3) is 2.83. The summed E-state index contributed by atoms with van der Waals surface area (Å²) in [7, 11) is 0. The first kappa shape index (κ1) is 14.5. The molecule has 1 spiro atoms. The zero-order valence-electron chi connectivity index (χ0n) is 7.92. The molecule has 12 heteroatoms. The first-order chi connectivity index (χ1) is 7.67. The van der Waals surface area contributed by atoms with E-state index in [1.54, 1.807) is 0 Å². The van der Waals surface area contributed by atoms with E-state index in [9.17, 15) is 13.5 Å². The number of halogens is 4. The summed E-state index contributed by atoms with van der Waals surface area (Å²) in [6.45, 7) is -8.75. The normalized spacial score (nSPS) is 56.0. The van der Waals surface area contributed by atoms with Crippen LogP contribution in [0.3, 0.4) is 0 Å². The highest BCUT2D eigenvalue weighted by atomic mass is 35.7. The molecule has 2 fully saturated rings. The van der Waals surface area contributed by atoms with Crippen LogP contribution in [0.4, 0.5) is 4.39 Å². The number of hydrogen-bond donors (Lipinski definition) is 0. The van der Waals surface area contributed by atoms with Gasteiger partial charge in [0.2, 0.25) is 6.36 Å². The third-order valence-electron chi connectivity index (χ3n) is 2.32. The van der Waals surface area contributed by atoms with E-state index in [4.69, 9.17) is 34.1 Å². The molecular formula is C5H6Cl3FO6P2. The smallest absolute Gasteiger partial charge is 0.296 e. The monoisotopic (exact) mass is 348 g/mol. The van der Waals surface area contributed by atoms with E-state index < -0.39 is 44.4 Å². The van der Waals surface area contributed by atoms with Crippen molar-refractivity contribution in [1.82, 2.24) is 0 Å². The van der Waals surface area contributed by atoms with E-state index in [2.05, 4.69) is 18.1 Å². The molecular weight excluding hydrogens is 343 g/mol. The average Bonchev–Trinajstić information content (AvgIpc) is 2.14. The summed E-state index contributed by atoms with van der Waals surface area (Å²) in [6, 6.07) is 0. The van der Waals surface area contributed by atoms with Crippen LogP contribution >= 0.6 is 48.0 Å². The Bertz CT molecular complexity index is 390. The standard InChI is InChI=1S/C5H6Cl3FO6P2/c6-3-5(1-12-16(7,10)13-2-5)4(9)15-17(8,11)14-3/h3-4H,1-2H2. The largest absolute Gasteiger partial charge is 0.428 e. The molecule has 6 nitrogen and oxygen atoms in total. The van der Waals surface area contributed by atoms with Gasteiger partial charge in [0.1, 0.15) is 5.41 Å². The molecule has 0 radical (unpaired) electrons. The predicted molar refractivity (Wildman–Crippen MR) is 58.0 cm³/mol. The van der Waals surface area contributed by atoms with Crippen molar-refractivity contribution in [2.75, 3.05) is 13.2 Å². The van der Waals surface area contributed by atoms with Gasteiger partial charge in [0.15, 0.2) is 5.56 Å². The number of rotatable bonds is 0. The van der Waals surface area contributed by atoms with Crippen molar-refractivity contribution < 1.29 is 31.6 Å². The maximum atomic E-state index is 13.8. The summed E-state index contributed by atoms with van der Waals surface area (Å²) in [4.78, 5) is 0. The van der Waals surface area contributed by atoms with E-state index in [0.29, 0.717) is 0 Å². The van der Waals surface area contributed by atoms with Crippen molar-refractivity contribution in [3.05, 3.63) is 0 Å². The molecule has 17 heavy (non-hydrogen) atoms. The first-order valence-electron chi connectivity index (χ1n) is 4.20. The van der Waals surface area contributed by atoms with Gasteiger partial charge in [-0.15, -0.1) is 0 Å². The summed E-state index contributed by atoms with van der Waals surface area (Å²) < 4.78 is 54.5. The van der Waals surface area contributed by atoms with Crippen molar-refractivity contribution in [3.8, 4) is 0 Å². The molecule has 2 aliphatic rings. The Hall–Kier alpha value is 1.10. The molecule has 2 heterocycles. The molecule has 100 valence electrons. The Balaban J connectivity index is 2.21. The van der Waals surface area contributed by atoms with Crippen LogP contribution in [0.5, 0.6) is 0 Å². The van der Waals surface area contributed by atoms with Crippen LogP contribution in [0.1, 0.15) is 0 Å². The molecule has 0 N–H and O–H groups in total. The quantitative estimate of drug-likeness (QED) is 0.491. The van der Waals surface area contributed by atoms with Crippen molar-refractivity contribution in [3.63, 3.8) is 0 Å². The van der Waals surface area contributed by atoms with Gasteiger partial charge in [-0.05, 0) is 0 Å². The lowest BCUT2D eigenvalue weighted by Crippen LogP contribution is -2.53. The molecule has 0 aromatic rings. The molecule has 0 aliphatic carbocycles. The Morgan fingerprint density at radius 1 is 1.12 bits per heavy atom. The predicted octanol–water partition coefficient (Wildman–Crippen LogP) is 3.62. The highest BCUT2D eigenvalue weighted by molar-refractivity contribution is 7.81. The fourth-order valence-corrected chi connectivity index (χ4v) is 4.47. The first-order valence-corrected chi connectivity index (χ1v) is 9.53. The van der Waals surface area contributed by atoms with Gasteiger partial charge in [-0.1, -0.05) is 11.6 Å². The number of alkyl halides is 2. The molecule has 0 aromatic carbocycles. The van der Waals surface area contributed by atoms with Crippen LogP contribution in [0.25, 0.3) is 0 Å². The minimum atomic E-state index is -4.07. The topological polar surface area (TPSA) is 71.1 Å². The Labute approximate surface area is 110 Å². The lowest BCUT2D eigenvalue weighted by atomic mass is 9.91. The minimum absolute atomic E-state index is 0.472. The minimum Gasteiger partial charge on any atom is -0.296 e. The lowest BCUT2D eigenvalue weighted by Gasteiger charge is -2.45. The summed E-state index contributed by atoms with van der Waals surface area (Å²) >= 11 is 16.3. The Kier molecular flexibility index (Phi) is 3.91. The van der Waals surface area contributed by atoms with Crippen LogP contribution in [0, 0.1) is 5.41 Å². The van der Waals surface area contributed by atoms with E-state index in [1.807, 2.05) is 0 Å². The maximum absolute atomic E-state index is 13.8. The van der Waals surface area contributed by atoms with Crippen LogP contribution < -0.4 is 0 Å². The highest BCUT2D eigenvalue weighted by Gasteiger charge is 2.60. The van der Waals surface area contributed by atoms with Gasteiger partial charge in [-0.2, -0.15) is 0 Å². The van der Waals surface area contributed by atoms with E-state index in [0.717, 1.165) is 0 Å². The third-order valence-corrected chi connectivity index (χ3v) is 5.80. The van der Waals surface area contributed by atoms with Crippen molar-refractivity contribution in [2.24, 2.45) is 5.41 Å².